The second-order valence-corrected chi connectivity index (χ2v) is 6.54. The molecular formula is C20H18ClN3O3. The van der Waals surface area contributed by atoms with E-state index in [1.54, 1.807) is 68.7 Å². The second kappa shape index (κ2) is 8.05. The Morgan fingerprint density at radius 2 is 1.74 bits per heavy atom. The topological polar surface area (TPSA) is 75.3 Å². The van der Waals surface area contributed by atoms with Crippen molar-refractivity contribution >= 4 is 23.5 Å². The molecular weight excluding hydrogens is 366 g/mol. The molecule has 2 aromatic carbocycles. The van der Waals surface area contributed by atoms with Crippen molar-refractivity contribution in [2.24, 2.45) is 0 Å². The number of H-pyrrole nitrogens is 1. The summed E-state index contributed by atoms with van der Waals surface area (Å²) in [5, 5.41) is 7.41. The van der Waals surface area contributed by atoms with E-state index in [2.05, 4.69) is 10.2 Å². The van der Waals surface area contributed by atoms with Gasteiger partial charge in [0.15, 0.2) is 0 Å². The van der Waals surface area contributed by atoms with Crippen LogP contribution in [0.25, 0.3) is 11.3 Å². The summed E-state index contributed by atoms with van der Waals surface area (Å²) in [7, 11) is 3.22. The summed E-state index contributed by atoms with van der Waals surface area (Å²) in [6.45, 7) is 0. The van der Waals surface area contributed by atoms with Gasteiger partial charge in [-0.05, 0) is 18.2 Å². The fourth-order valence-electron chi connectivity index (χ4n) is 2.49. The van der Waals surface area contributed by atoms with Crippen molar-refractivity contribution in [3.8, 4) is 11.3 Å². The molecule has 0 aliphatic rings. The number of likely N-dealkylation sites (N-methyl/N-ethyl adjacent to an activating group) is 1. The van der Waals surface area contributed by atoms with Gasteiger partial charge < -0.3 is 9.64 Å². The van der Waals surface area contributed by atoms with Crippen LogP contribution in [0.3, 0.4) is 0 Å². The zero-order valence-corrected chi connectivity index (χ0v) is 15.6. The van der Waals surface area contributed by atoms with Crippen LogP contribution in [0.5, 0.6) is 0 Å². The molecule has 7 heteroatoms. The van der Waals surface area contributed by atoms with Gasteiger partial charge >= 0.3 is 5.97 Å². The Hall–Kier alpha value is -3.12. The smallest absolute Gasteiger partial charge is 0.357 e. The Labute approximate surface area is 161 Å². The number of nitrogens with one attached hydrogen (secondary N) is 1. The Kier molecular flexibility index (Phi) is 5.57. The molecule has 1 aromatic heterocycles. The van der Waals surface area contributed by atoms with E-state index in [-0.39, 0.29) is 11.6 Å². The van der Waals surface area contributed by atoms with Crippen LogP contribution in [0.15, 0.2) is 60.7 Å². The second-order valence-electron chi connectivity index (χ2n) is 6.10. The van der Waals surface area contributed by atoms with E-state index < -0.39 is 12.1 Å². The van der Waals surface area contributed by atoms with E-state index in [1.807, 2.05) is 6.07 Å². The number of nitrogens with zero attached hydrogens (tertiary/aromatic N) is 2. The molecule has 0 spiro atoms. The van der Waals surface area contributed by atoms with Crippen LogP contribution in [0.1, 0.15) is 22.2 Å². The maximum absolute atomic E-state index is 12.6. The minimum Gasteiger partial charge on any atom is -0.443 e. The zero-order valence-electron chi connectivity index (χ0n) is 14.8. The van der Waals surface area contributed by atoms with Crippen molar-refractivity contribution in [2.45, 2.75) is 6.10 Å². The van der Waals surface area contributed by atoms with Crippen LogP contribution in [-0.4, -0.2) is 41.1 Å². The number of hydrogen-bond acceptors (Lipinski definition) is 4. The third-order valence-corrected chi connectivity index (χ3v) is 4.18. The van der Waals surface area contributed by atoms with Crippen molar-refractivity contribution in [3.63, 3.8) is 0 Å². The number of halogens is 1. The highest BCUT2D eigenvalue weighted by atomic mass is 35.5. The first-order valence-electron chi connectivity index (χ1n) is 8.24. The molecule has 0 bridgehead atoms. The molecule has 1 atom stereocenters. The van der Waals surface area contributed by atoms with Crippen molar-refractivity contribution in [1.29, 1.82) is 0 Å². The normalized spacial score (nSPS) is 11.7. The number of ether oxygens (including phenoxy) is 1. The number of aromatic amines is 1. The number of benzene rings is 2. The predicted octanol–water partition coefficient (Wildman–Crippen LogP) is 3.72. The molecule has 0 unspecified atom stereocenters. The zero-order chi connectivity index (χ0) is 19.4. The Morgan fingerprint density at radius 1 is 1.07 bits per heavy atom. The molecule has 27 heavy (non-hydrogen) atoms. The molecule has 0 aliphatic carbocycles. The van der Waals surface area contributed by atoms with E-state index in [1.165, 1.54) is 4.90 Å². The molecule has 0 aliphatic heterocycles. The van der Waals surface area contributed by atoms with Gasteiger partial charge in [0.25, 0.3) is 5.91 Å². The maximum atomic E-state index is 12.6. The summed E-state index contributed by atoms with van der Waals surface area (Å²) < 4.78 is 5.49. The molecule has 138 valence electrons. The van der Waals surface area contributed by atoms with Gasteiger partial charge in [0, 0.05) is 30.2 Å². The summed E-state index contributed by atoms with van der Waals surface area (Å²) >= 11 is 5.89. The van der Waals surface area contributed by atoms with Gasteiger partial charge in [-0.2, -0.15) is 5.10 Å². The predicted molar refractivity (Wildman–Crippen MR) is 102 cm³/mol. The first-order valence-corrected chi connectivity index (χ1v) is 8.62. The standard InChI is InChI=1S/C20H18ClN3O3/c1-24(2)19(25)18(14-6-4-3-5-7-14)27-20(26)17-12-16(22-23-17)13-8-10-15(21)11-9-13/h3-12,18H,1-2H3,(H,22,23)/t18-/m0/s1. The van der Waals surface area contributed by atoms with Gasteiger partial charge in [-0.15, -0.1) is 0 Å². The first kappa shape index (κ1) is 18.7. The van der Waals surface area contributed by atoms with Crippen LogP contribution < -0.4 is 0 Å². The third kappa shape index (κ3) is 4.35. The molecule has 0 radical (unpaired) electrons. The average Bonchev–Trinajstić information content (AvgIpc) is 3.17. The first-order chi connectivity index (χ1) is 13.0. The molecule has 3 rings (SSSR count). The van der Waals surface area contributed by atoms with Crippen LogP contribution in [0, 0.1) is 0 Å². The van der Waals surface area contributed by atoms with Gasteiger partial charge in [0.1, 0.15) is 5.69 Å². The van der Waals surface area contributed by atoms with Crippen molar-refractivity contribution in [2.75, 3.05) is 14.1 Å². The van der Waals surface area contributed by atoms with E-state index in [4.69, 9.17) is 16.3 Å². The fraction of sp³-hybridized carbons (Fsp3) is 0.150. The van der Waals surface area contributed by atoms with E-state index in [9.17, 15) is 9.59 Å². The molecule has 0 fully saturated rings. The lowest BCUT2D eigenvalue weighted by Crippen LogP contribution is -2.31. The molecule has 1 heterocycles. The van der Waals surface area contributed by atoms with Gasteiger partial charge in [0.2, 0.25) is 6.10 Å². The van der Waals surface area contributed by atoms with Crippen molar-refractivity contribution in [1.82, 2.24) is 15.1 Å². The van der Waals surface area contributed by atoms with E-state index in [0.29, 0.717) is 16.3 Å². The molecule has 3 aromatic rings. The minimum absolute atomic E-state index is 0.160. The lowest BCUT2D eigenvalue weighted by molar-refractivity contribution is -0.138. The maximum Gasteiger partial charge on any atom is 0.357 e. The number of rotatable bonds is 5. The van der Waals surface area contributed by atoms with Crippen molar-refractivity contribution < 1.29 is 14.3 Å². The highest BCUT2D eigenvalue weighted by Crippen LogP contribution is 2.23. The number of amides is 1. The average molecular weight is 384 g/mol. The Morgan fingerprint density at radius 3 is 2.37 bits per heavy atom. The van der Waals surface area contributed by atoms with Gasteiger partial charge in [-0.1, -0.05) is 54.1 Å². The summed E-state index contributed by atoms with van der Waals surface area (Å²) in [5.41, 5.74) is 2.14. The number of hydrogen-bond donors (Lipinski definition) is 1. The van der Waals surface area contributed by atoms with Gasteiger partial charge in [0.05, 0.1) is 5.69 Å². The molecule has 1 amide bonds. The SMILES string of the molecule is CN(C)C(=O)[C@@H](OC(=O)c1cc(-c2ccc(Cl)cc2)n[nH]1)c1ccccc1. The molecule has 0 saturated heterocycles. The Bertz CT molecular complexity index is 937. The lowest BCUT2D eigenvalue weighted by atomic mass is 10.1. The van der Waals surface area contributed by atoms with Crippen LogP contribution in [-0.2, 0) is 9.53 Å². The van der Waals surface area contributed by atoms with E-state index >= 15 is 0 Å². The Balaban J connectivity index is 1.82. The largest absolute Gasteiger partial charge is 0.443 e. The van der Waals surface area contributed by atoms with Crippen LogP contribution in [0.2, 0.25) is 5.02 Å². The highest BCUT2D eigenvalue weighted by Gasteiger charge is 2.27. The summed E-state index contributed by atoms with van der Waals surface area (Å²) in [4.78, 5) is 26.4. The molecule has 6 nitrogen and oxygen atoms in total. The quantitative estimate of drug-likeness (QED) is 0.681. The molecule has 0 saturated carbocycles. The summed E-state index contributed by atoms with van der Waals surface area (Å²) in [6, 6.07) is 17.5. The number of carbonyl (C=O) groups excluding carboxylic acids is 2. The van der Waals surface area contributed by atoms with Crippen LogP contribution >= 0.6 is 11.6 Å². The van der Waals surface area contributed by atoms with Gasteiger partial charge in [-0.3, -0.25) is 9.89 Å². The lowest BCUT2D eigenvalue weighted by Gasteiger charge is -2.20. The highest BCUT2D eigenvalue weighted by molar-refractivity contribution is 6.30. The fourth-order valence-corrected chi connectivity index (χ4v) is 2.61. The van der Waals surface area contributed by atoms with E-state index in [0.717, 1.165) is 5.56 Å². The summed E-state index contributed by atoms with van der Waals surface area (Å²) in [6.07, 6.45) is -1.03. The summed E-state index contributed by atoms with van der Waals surface area (Å²) in [5.74, 6) is -0.987. The number of esters is 1. The monoisotopic (exact) mass is 383 g/mol. The minimum atomic E-state index is -1.03. The van der Waals surface area contributed by atoms with Crippen LogP contribution in [0.4, 0.5) is 0 Å². The van der Waals surface area contributed by atoms with Crippen molar-refractivity contribution in [3.05, 3.63) is 76.9 Å². The number of carbonyl (C=O) groups is 2. The molecule has 1 N–H and O–H groups in total. The third-order valence-electron chi connectivity index (χ3n) is 3.93. The van der Waals surface area contributed by atoms with Gasteiger partial charge in [-0.25, -0.2) is 4.79 Å². The number of aromatic nitrogens is 2.